The van der Waals surface area contributed by atoms with Crippen LogP contribution < -0.4 is 15.2 Å². The van der Waals surface area contributed by atoms with Crippen LogP contribution in [0.5, 0.6) is 0 Å². The molecule has 9 heteroatoms. The zero-order chi connectivity index (χ0) is 16.8. The highest BCUT2D eigenvalue weighted by atomic mass is 32.1. The molecule has 1 aromatic rings. The van der Waals surface area contributed by atoms with Crippen molar-refractivity contribution < 1.29 is 26.7 Å². The van der Waals surface area contributed by atoms with Crippen LogP contribution in [0.25, 0.3) is 11.6 Å². The van der Waals surface area contributed by atoms with Crippen LogP contribution in [0.2, 0.25) is 0 Å². The van der Waals surface area contributed by atoms with Crippen molar-refractivity contribution in [2.75, 3.05) is 19.0 Å². The molecule has 1 aromatic heterocycles. The molecular formula is C14H11F5N2OS. The maximum absolute atomic E-state index is 12.9. The van der Waals surface area contributed by atoms with E-state index in [0.29, 0.717) is 6.42 Å². The monoisotopic (exact) mass is 350 g/mol. The van der Waals surface area contributed by atoms with Gasteiger partial charge in [-0.3, -0.25) is 0 Å². The smallest absolute Gasteiger partial charge is 0.456 e. The van der Waals surface area contributed by atoms with Crippen LogP contribution in [0.3, 0.4) is 0 Å². The minimum Gasteiger partial charge on any atom is -0.487 e. The molecular weight excluding hydrogens is 339 g/mol. The van der Waals surface area contributed by atoms with Gasteiger partial charge in [0.25, 0.3) is 0 Å². The van der Waals surface area contributed by atoms with Gasteiger partial charge in [-0.2, -0.15) is 22.0 Å². The van der Waals surface area contributed by atoms with Gasteiger partial charge in [-0.05, 0) is 35.8 Å². The number of nitrogens with one attached hydrogen (secondary N) is 1. The molecule has 3 rings (SSSR count). The number of thiazole rings is 1. The molecule has 0 bridgehead atoms. The van der Waals surface area contributed by atoms with Gasteiger partial charge < -0.3 is 10.1 Å². The third-order valence-electron chi connectivity index (χ3n) is 3.43. The molecule has 0 unspecified atom stereocenters. The van der Waals surface area contributed by atoms with E-state index in [9.17, 15) is 22.0 Å². The van der Waals surface area contributed by atoms with E-state index in [1.165, 1.54) is 23.5 Å². The Labute approximate surface area is 131 Å². The first-order valence-corrected chi connectivity index (χ1v) is 7.42. The van der Waals surface area contributed by atoms with Gasteiger partial charge in [-0.25, -0.2) is 4.98 Å². The quantitative estimate of drug-likeness (QED) is 0.848. The second kappa shape index (κ2) is 5.33. The van der Waals surface area contributed by atoms with Crippen molar-refractivity contribution in [1.82, 2.24) is 4.98 Å². The number of allylic oxidation sites excluding steroid dienone is 3. The summed E-state index contributed by atoms with van der Waals surface area (Å²) in [5.41, 5.74) is 1.64. The van der Waals surface area contributed by atoms with Crippen molar-refractivity contribution >= 4 is 28.1 Å². The minimum absolute atomic E-state index is 0.00733. The third kappa shape index (κ3) is 2.85. The minimum atomic E-state index is -5.62. The lowest BCUT2D eigenvalue weighted by Gasteiger charge is -2.21. The van der Waals surface area contributed by atoms with Crippen molar-refractivity contribution in [2.24, 2.45) is 0 Å². The van der Waals surface area contributed by atoms with Crippen LogP contribution in [0, 0.1) is 0 Å². The molecule has 124 valence electrons. The number of fused-ring (bicyclic) bond motifs is 2. The fourth-order valence-electron chi connectivity index (χ4n) is 2.23. The number of aromatic nitrogens is 1. The van der Waals surface area contributed by atoms with Crippen molar-refractivity contribution in [1.29, 1.82) is 0 Å². The first-order chi connectivity index (χ1) is 10.7. The van der Waals surface area contributed by atoms with Gasteiger partial charge in [0.15, 0.2) is 11.7 Å². The molecule has 23 heavy (non-hydrogen) atoms. The molecule has 1 N–H and O–H groups in total. The van der Waals surface area contributed by atoms with Gasteiger partial charge in [-0.15, -0.1) is 0 Å². The Balaban J connectivity index is 1.77. The molecule has 0 aliphatic heterocycles. The van der Waals surface area contributed by atoms with Crippen LogP contribution in [-0.4, -0.2) is 30.7 Å². The summed E-state index contributed by atoms with van der Waals surface area (Å²) in [5, 5.41) is 4.50. The highest BCUT2D eigenvalue weighted by Gasteiger charge is 2.58. The summed E-state index contributed by atoms with van der Waals surface area (Å²) in [5.74, 6) is -4.87. The molecule has 0 aromatic carbocycles. The second-order valence-electron chi connectivity index (χ2n) is 5.01. The summed E-state index contributed by atoms with van der Waals surface area (Å²) in [6, 6.07) is 0. The van der Waals surface area contributed by atoms with Crippen LogP contribution in [-0.2, 0) is 4.74 Å². The summed E-state index contributed by atoms with van der Waals surface area (Å²) in [4.78, 5) is 4.40. The first-order valence-electron chi connectivity index (χ1n) is 6.60. The lowest BCUT2D eigenvalue weighted by Crippen LogP contribution is -2.40. The number of alkyl halides is 5. The van der Waals surface area contributed by atoms with Crippen molar-refractivity contribution in [2.45, 2.75) is 18.5 Å². The number of ether oxygens (including phenoxy) is 1. The van der Waals surface area contributed by atoms with Crippen molar-refractivity contribution in [3.8, 4) is 0 Å². The molecule has 0 spiro atoms. The highest BCUT2D eigenvalue weighted by Crippen LogP contribution is 2.36. The Morgan fingerprint density at radius 1 is 1.26 bits per heavy atom. The van der Waals surface area contributed by atoms with E-state index in [2.05, 4.69) is 15.0 Å². The molecule has 0 radical (unpaired) electrons. The fraction of sp³-hybridized carbons (Fsp3) is 0.357. The molecule has 0 saturated heterocycles. The summed E-state index contributed by atoms with van der Waals surface area (Å²) in [6.45, 7) is -1.73. The first kappa shape index (κ1) is 16.0. The Bertz CT molecular complexity index is 819. The Morgan fingerprint density at radius 2 is 2.00 bits per heavy atom. The van der Waals surface area contributed by atoms with E-state index in [4.69, 9.17) is 0 Å². The molecule has 0 fully saturated rings. The highest BCUT2D eigenvalue weighted by molar-refractivity contribution is 7.13. The molecule has 3 nitrogen and oxygen atoms in total. The predicted molar refractivity (Wildman–Crippen MR) is 76.5 cm³/mol. The van der Waals surface area contributed by atoms with Gasteiger partial charge in [0, 0.05) is 7.05 Å². The van der Waals surface area contributed by atoms with Crippen LogP contribution in [0.15, 0.2) is 23.5 Å². The van der Waals surface area contributed by atoms with E-state index in [1.807, 2.05) is 6.08 Å². The topological polar surface area (TPSA) is 34.2 Å². The number of nitrogens with zero attached hydrogens (tertiary/aromatic N) is 1. The molecule has 2 aliphatic carbocycles. The molecule has 1 heterocycles. The van der Waals surface area contributed by atoms with Gasteiger partial charge in [0.2, 0.25) is 0 Å². The zero-order valence-electron chi connectivity index (χ0n) is 11.8. The maximum atomic E-state index is 12.9. The summed E-state index contributed by atoms with van der Waals surface area (Å²) >= 11 is 1.44. The molecule has 0 amide bonds. The predicted octanol–water partition coefficient (Wildman–Crippen LogP) is 2.56. The van der Waals surface area contributed by atoms with Gasteiger partial charge >= 0.3 is 12.1 Å². The van der Waals surface area contributed by atoms with Crippen molar-refractivity contribution in [3.63, 3.8) is 0 Å². The van der Waals surface area contributed by atoms with Gasteiger partial charge in [0.1, 0.15) is 5.76 Å². The number of rotatable bonds is 4. The Morgan fingerprint density at radius 3 is 2.65 bits per heavy atom. The normalized spacial score (nSPS) is 17.0. The van der Waals surface area contributed by atoms with E-state index < -0.39 is 18.7 Å². The second-order valence-corrected chi connectivity index (χ2v) is 6.04. The van der Waals surface area contributed by atoms with Crippen LogP contribution >= 0.6 is 11.3 Å². The number of hydrogen-bond donors (Lipinski definition) is 1. The number of anilines is 1. The average molecular weight is 350 g/mol. The SMILES string of the molecule is CNc1nc2c(s1)=CC1=CC(OCC(F)(F)C(F)(F)F)=CCC=21. The summed E-state index contributed by atoms with van der Waals surface area (Å²) in [6.07, 6.45) is -0.494. The van der Waals surface area contributed by atoms with Crippen molar-refractivity contribution in [3.05, 3.63) is 33.4 Å². The maximum Gasteiger partial charge on any atom is 0.456 e. The van der Waals surface area contributed by atoms with E-state index >= 15 is 0 Å². The number of hydrogen-bond acceptors (Lipinski definition) is 4. The van der Waals surface area contributed by atoms with E-state index in [1.54, 1.807) is 7.05 Å². The molecule has 2 aliphatic rings. The van der Waals surface area contributed by atoms with Gasteiger partial charge in [0.05, 0.1) is 9.88 Å². The summed E-state index contributed by atoms with van der Waals surface area (Å²) in [7, 11) is 1.75. The zero-order valence-corrected chi connectivity index (χ0v) is 12.6. The molecule has 0 atom stereocenters. The lowest BCUT2D eigenvalue weighted by molar-refractivity contribution is -0.293. The van der Waals surface area contributed by atoms with E-state index in [0.717, 1.165) is 26.2 Å². The summed E-state index contributed by atoms with van der Waals surface area (Å²) < 4.78 is 67.7. The Kier molecular flexibility index (Phi) is 3.70. The number of halogens is 5. The average Bonchev–Trinajstić information content (AvgIpc) is 3.00. The Hall–Kier alpha value is -1.90. The lowest BCUT2D eigenvalue weighted by atomic mass is 10.00. The van der Waals surface area contributed by atoms with E-state index in [-0.39, 0.29) is 5.76 Å². The fourth-order valence-corrected chi connectivity index (χ4v) is 3.13. The van der Waals surface area contributed by atoms with Gasteiger partial charge in [-0.1, -0.05) is 11.3 Å². The van der Waals surface area contributed by atoms with Crippen LogP contribution in [0.4, 0.5) is 27.1 Å². The largest absolute Gasteiger partial charge is 0.487 e. The third-order valence-corrected chi connectivity index (χ3v) is 4.45. The standard InChI is InChI=1S/C14H11F5N2OS/c1-20-12-21-11-9-3-2-8(4-7(9)5-10(11)23-12)22-6-13(15,16)14(17,18)19/h2,4-5H,3,6H2,1H3,(H,20,21). The van der Waals surface area contributed by atoms with Crippen LogP contribution in [0.1, 0.15) is 6.42 Å². The molecule has 0 saturated carbocycles.